The maximum absolute atomic E-state index is 11.0. The summed E-state index contributed by atoms with van der Waals surface area (Å²) >= 11 is 0. The number of aliphatic carboxylic acids is 1. The molecule has 0 aromatic heterocycles. The average Bonchev–Trinajstić information content (AvgIpc) is 2.27. The van der Waals surface area contributed by atoms with Crippen LogP contribution in [0.3, 0.4) is 0 Å². The summed E-state index contributed by atoms with van der Waals surface area (Å²) in [5.74, 6) is 0.488. The number of hydrogen-bond donors (Lipinski definition) is 1. The van der Waals surface area contributed by atoms with Crippen molar-refractivity contribution in [1.82, 2.24) is 0 Å². The monoisotopic (exact) mass is 236 g/mol. The van der Waals surface area contributed by atoms with Crippen LogP contribution in [0, 0.1) is 5.92 Å². The molecule has 1 aliphatic carbocycles. The Morgan fingerprint density at radius 2 is 2.06 bits per heavy atom. The highest BCUT2D eigenvalue weighted by Crippen LogP contribution is 2.46. The van der Waals surface area contributed by atoms with Crippen LogP contribution in [0.4, 0.5) is 0 Å². The molecule has 1 aromatic carbocycles. The van der Waals surface area contributed by atoms with Crippen LogP contribution >= 0.6 is 0 Å². The number of carbonyl (C=O) groups is 1. The molecule has 0 saturated heterocycles. The van der Waals surface area contributed by atoms with E-state index in [1.54, 1.807) is 20.3 Å². The summed E-state index contributed by atoms with van der Waals surface area (Å²) in [4.78, 5) is 11.0. The van der Waals surface area contributed by atoms with E-state index in [1.807, 2.05) is 12.1 Å². The molecule has 0 spiro atoms. The van der Waals surface area contributed by atoms with Gasteiger partial charge in [0.25, 0.3) is 0 Å². The molecule has 1 aliphatic rings. The molecule has 92 valence electrons. The third kappa shape index (κ3) is 2.07. The van der Waals surface area contributed by atoms with E-state index in [2.05, 4.69) is 0 Å². The Bertz CT molecular complexity index is 427. The maximum atomic E-state index is 11.0. The van der Waals surface area contributed by atoms with Gasteiger partial charge in [-0.25, -0.2) is 0 Å². The Labute approximate surface area is 100 Å². The SMILES string of the molecule is COc1ccc(C2CCC2C(=O)O)c(OC)c1. The van der Waals surface area contributed by atoms with Crippen LogP contribution in [0.5, 0.6) is 11.5 Å². The molecule has 2 unspecified atom stereocenters. The zero-order valence-electron chi connectivity index (χ0n) is 9.97. The van der Waals surface area contributed by atoms with Gasteiger partial charge in [0, 0.05) is 12.0 Å². The van der Waals surface area contributed by atoms with Gasteiger partial charge in [-0.1, -0.05) is 6.07 Å². The lowest BCUT2D eigenvalue weighted by Crippen LogP contribution is -2.31. The first-order chi connectivity index (χ1) is 8.17. The lowest BCUT2D eigenvalue weighted by atomic mass is 9.70. The number of hydrogen-bond acceptors (Lipinski definition) is 3. The Hall–Kier alpha value is -1.71. The van der Waals surface area contributed by atoms with E-state index >= 15 is 0 Å². The van der Waals surface area contributed by atoms with E-state index in [0.29, 0.717) is 5.75 Å². The van der Waals surface area contributed by atoms with Gasteiger partial charge in [-0.15, -0.1) is 0 Å². The average molecular weight is 236 g/mol. The first-order valence-corrected chi connectivity index (χ1v) is 5.62. The molecule has 1 aromatic rings. The van der Waals surface area contributed by atoms with Crippen LogP contribution in [0.25, 0.3) is 0 Å². The summed E-state index contributed by atoms with van der Waals surface area (Å²) in [6, 6.07) is 5.54. The highest BCUT2D eigenvalue weighted by molar-refractivity contribution is 5.73. The molecule has 1 N–H and O–H groups in total. The third-order valence-electron chi connectivity index (χ3n) is 3.43. The fourth-order valence-corrected chi connectivity index (χ4v) is 2.29. The Balaban J connectivity index is 2.29. The third-order valence-corrected chi connectivity index (χ3v) is 3.43. The van der Waals surface area contributed by atoms with Crippen LogP contribution < -0.4 is 9.47 Å². The smallest absolute Gasteiger partial charge is 0.307 e. The molecular formula is C13H16O4. The largest absolute Gasteiger partial charge is 0.497 e. The second kappa shape index (κ2) is 4.65. The van der Waals surface area contributed by atoms with Crippen LogP contribution in [-0.4, -0.2) is 25.3 Å². The normalized spacial score (nSPS) is 22.7. The van der Waals surface area contributed by atoms with Gasteiger partial charge in [-0.3, -0.25) is 4.79 Å². The van der Waals surface area contributed by atoms with Crippen LogP contribution in [0.15, 0.2) is 18.2 Å². The van der Waals surface area contributed by atoms with E-state index in [4.69, 9.17) is 14.6 Å². The quantitative estimate of drug-likeness (QED) is 0.871. The minimum absolute atomic E-state index is 0.0633. The summed E-state index contributed by atoms with van der Waals surface area (Å²) in [5.41, 5.74) is 0.965. The molecule has 0 radical (unpaired) electrons. The minimum atomic E-state index is -0.723. The summed E-state index contributed by atoms with van der Waals surface area (Å²) in [5, 5.41) is 9.06. The second-order valence-electron chi connectivity index (χ2n) is 4.24. The molecule has 17 heavy (non-hydrogen) atoms. The zero-order valence-corrected chi connectivity index (χ0v) is 9.97. The number of carboxylic acids is 1. The zero-order chi connectivity index (χ0) is 12.4. The predicted molar refractivity (Wildman–Crippen MR) is 62.6 cm³/mol. The summed E-state index contributed by atoms with van der Waals surface area (Å²) in [6.07, 6.45) is 1.65. The van der Waals surface area contributed by atoms with Crippen molar-refractivity contribution in [2.75, 3.05) is 14.2 Å². The molecular weight excluding hydrogens is 220 g/mol. The minimum Gasteiger partial charge on any atom is -0.497 e. The van der Waals surface area contributed by atoms with Gasteiger partial charge in [0.1, 0.15) is 11.5 Å². The molecule has 0 aliphatic heterocycles. The van der Waals surface area contributed by atoms with Gasteiger partial charge in [0.15, 0.2) is 0 Å². The van der Waals surface area contributed by atoms with Crippen LogP contribution in [-0.2, 0) is 4.79 Å². The molecule has 2 atom stereocenters. The van der Waals surface area contributed by atoms with Crippen molar-refractivity contribution in [3.8, 4) is 11.5 Å². The van der Waals surface area contributed by atoms with E-state index < -0.39 is 5.97 Å². The van der Waals surface area contributed by atoms with Crippen molar-refractivity contribution in [1.29, 1.82) is 0 Å². The summed E-state index contributed by atoms with van der Waals surface area (Å²) in [6.45, 7) is 0. The fourth-order valence-electron chi connectivity index (χ4n) is 2.29. The van der Waals surface area contributed by atoms with Crippen molar-refractivity contribution < 1.29 is 19.4 Å². The molecule has 4 nitrogen and oxygen atoms in total. The molecule has 1 fully saturated rings. The van der Waals surface area contributed by atoms with Crippen molar-refractivity contribution in [2.24, 2.45) is 5.92 Å². The molecule has 0 heterocycles. The highest BCUT2D eigenvalue weighted by atomic mass is 16.5. The van der Waals surface area contributed by atoms with Gasteiger partial charge in [0.05, 0.1) is 20.1 Å². The summed E-state index contributed by atoms with van der Waals surface area (Å²) in [7, 11) is 3.19. The Morgan fingerprint density at radius 3 is 2.53 bits per heavy atom. The molecule has 0 bridgehead atoms. The molecule has 0 amide bonds. The van der Waals surface area contributed by atoms with Crippen LogP contribution in [0.2, 0.25) is 0 Å². The van der Waals surface area contributed by atoms with Crippen molar-refractivity contribution in [3.05, 3.63) is 23.8 Å². The number of methoxy groups -OCH3 is 2. The van der Waals surface area contributed by atoms with Crippen molar-refractivity contribution in [3.63, 3.8) is 0 Å². The first kappa shape index (κ1) is 11.8. The standard InChI is InChI=1S/C13H16O4/c1-16-8-3-4-10(12(7-8)17-2)9-5-6-11(9)13(14)15/h3-4,7,9,11H,5-6H2,1-2H3,(H,14,15). The molecule has 1 saturated carbocycles. The van der Waals surface area contributed by atoms with Gasteiger partial charge >= 0.3 is 5.97 Å². The van der Waals surface area contributed by atoms with Gasteiger partial charge in [0.2, 0.25) is 0 Å². The fraction of sp³-hybridized carbons (Fsp3) is 0.462. The number of carboxylic acid groups (broad SMARTS) is 1. The Morgan fingerprint density at radius 1 is 1.29 bits per heavy atom. The van der Waals surface area contributed by atoms with E-state index in [1.165, 1.54) is 0 Å². The van der Waals surface area contributed by atoms with Gasteiger partial charge in [-0.2, -0.15) is 0 Å². The Kier molecular flexibility index (Phi) is 3.22. The van der Waals surface area contributed by atoms with E-state index in [-0.39, 0.29) is 11.8 Å². The number of rotatable bonds is 4. The van der Waals surface area contributed by atoms with Crippen molar-refractivity contribution >= 4 is 5.97 Å². The van der Waals surface area contributed by atoms with Gasteiger partial charge < -0.3 is 14.6 Å². The maximum Gasteiger partial charge on any atom is 0.307 e. The molecule has 2 rings (SSSR count). The lowest BCUT2D eigenvalue weighted by Gasteiger charge is -2.34. The second-order valence-corrected chi connectivity index (χ2v) is 4.24. The summed E-state index contributed by atoms with van der Waals surface area (Å²) < 4.78 is 10.4. The number of ether oxygens (including phenoxy) is 2. The van der Waals surface area contributed by atoms with Gasteiger partial charge in [-0.05, 0) is 24.5 Å². The first-order valence-electron chi connectivity index (χ1n) is 5.62. The van der Waals surface area contributed by atoms with E-state index in [9.17, 15) is 4.79 Å². The van der Waals surface area contributed by atoms with Crippen molar-refractivity contribution in [2.45, 2.75) is 18.8 Å². The predicted octanol–water partition coefficient (Wildman–Crippen LogP) is 2.28. The highest BCUT2D eigenvalue weighted by Gasteiger charge is 2.38. The lowest BCUT2D eigenvalue weighted by molar-refractivity contribution is -0.145. The van der Waals surface area contributed by atoms with E-state index in [0.717, 1.165) is 24.2 Å². The number of benzene rings is 1. The topological polar surface area (TPSA) is 55.8 Å². The molecule has 4 heteroatoms. The van der Waals surface area contributed by atoms with Crippen LogP contribution in [0.1, 0.15) is 24.3 Å².